The summed E-state index contributed by atoms with van der Waals surface area (Å²) in [6.07, 6.45) is 0.632. The standard InChI is InChI=1S/C15H23NO/c1-11(2)14-9-15(17)16(10-14)12(3)13-7-5-4-6-8-13/h4-8,11-12,14-15,17H,9-10H2,1-3H3/t12-,14?,15?/m1/s1. The highest BCUT2D eigenvalue weighted by Gasteiger charge is 2.35. The predicted octanol–water partition coefficient (Wildman–Crippen LogP) is 3.04. The minimum atomic E-state index is -0.280. The van der Waals surface area contributed by atoms with Crippen LogP contribution >= 0.6 is 0 Å². The van der Waals surface area contributed by atoms with Crippen LogP contribution in [0.4, 0.5) is 0 Å². The number of nitrogens with zero attached hydrogens (tertiary/aromatic N) is 1. The Morgan fingerprint density at radius 2 is 1.82 bits per heavy atom. The van der Waals surface area contributed by atoms with Gasteiger partial charge in [0.25, 0.3) is 0 Å². The molecule has 17 heavy (non-hydrogen) atoms. The van der Waals surface area contributed by atoms with E-state index in [2.05, 4.69) is 49.9 Å². The van der Waals surface area contributed by atoms with Crippen molar-refractivity contribution in [2.75, 3.05) is 6.54 Å². The number of hydrogen-bond acceptors (Lipinski definition) is 2. The average Bonchev–Trinajstić information content (AvgIpc) is 2.72. The molecule has 0 amide bonds. The Bertz CT molecular complexity index is 349. The Labute approximate surface area is 104 Å². The van der Waals surface area contributed by atoms with Crippen molar-refractivity contribution >= 4 is 0 Å². The highest BCUT2D eigenvalue weighted by atomic mass is 16.3. The summed E-state index contributed by atoms with van der Waals surface area (Å²) in [6, 6.07) is 10.7. The van der Waals surface area contributed by atoms with Gasteiger partial charge in [0.1, 0.15) is 6.23 Å². The van der Waals surface area contributed by atoms with Crippen molar-refractivity contribution in [1.82, 2.24) is 4.90 Å². The maximum absolute atomic E-state index is 10.2. The monoisotopic (exact) mass is 233 g/mol. The van der Waals surface area contributed by atoms with Crippen molar-refractivity contribution in [3.05, 3.63) is 35.9 Å². The van der Waals surface area contributed by atoms with E-state index in [-0.39, 0.29) is 6.23 Å². The number of aliphatic hydroxyl groups excluding tert-OH is 1. The number of likely N-dealkylation sites (tertiary alicyclic amines) is 1. The van der Waals surface area contributed by atoms with Gasteiger partial charge in [0.15, 0.2) is 0 Å². The quantitative estimate of drug-likeness (QED) is 0.867. The van der Waals surface area contributed by atoms with Crippen LogP contribution < -0.4 is 0 Å². The second-order valence-electron chi connectivity index (χ2n) is 5.50. The van der Waals surface area contributed by atoms with Gasteiger partial charge in [-0.1, -0.05) is 44.2 Å². The van der Waals surface area contributed by atoms with Gasteiger partial charge in [0.2, 0.25) is 0 Å². The lowest BCUT2D eigenvalue weighted by Gasteiger charge is -2.28. The molecule has 3 atom stereocenters. The lowest BCUT2D eigenvalue weighted by molar-refractivity contribution is 0.0127. The van der Waals surface area contributed by atoms with E-state index < -0.39 is 0 Å². The van der Waals surface area contributed by atoms with E-state index in [1.807, 2.05) is 6.07 Å². The van der Waals surface area contributed by atoms with E-state index in [1.165, 1.54) is 5.56 Å². The zero-order valence-electron chi connectivity index (χ0n) is 11.0. The zero-order chi connectivity index (χ0) is 12.4. The molecule has 1 fully saturated rings. The molecule has 1 N–H and O–H groups in total. The van der Waals surface area contributed by atoms with Crippen LogP contribution in [0.3, 0.4) is 0 Å². The maximum atomic E-state index is 10.2. The smallest absolute Gasteiger partial charge is 0.108 e. The average molecular weight is 233 g/mol. The van der Waals surface area contributed by atoms with Crippen molar-refractivity contribution in [1.29, 1.82) is 0 Å². The zero-order valence-corrected chi connectivity index (χ0v) is 11.0. The molecule has 1 aromatic carbocycles. The molecule has 2 nitrogen and oxygen atoms in total. The Balaban J connectivity index is 2.08. The first kappa shape index (κ1) is 12.6. The molecule has 0 aliphatic carbocycles. The van der Waals surface area contributed by atoms with Crippen LogP contribution in [0.15, 0.2) is 30.3 Å². The maximum Gasteiger partial charge on any atom is 0.108 e. The van der Waals surface area contributed by atoms with Gasteiger partial charge in [-0.25, -0.2) is 0 Å². The summed E-state index contributed by atoms with van der Waals surface area (Å²) in [6.45, 7) is 7.68. The van der Waals surface area contributed by atoms with Crippen LogP contribution in [-0.4, -0.2) is 22.8 Å². The summed E-state index contributed by atoms with van der Waals surface area (Å²) >= 11 is 0. The van der Waals surface area contributed by atoms with Crippen LogP contribution in [0, 0.1) is 11.8 Å². The Morgan fingerprint density at radius 3 is 2.35 bits per heavy atom. The fourth-order valence-electron chi connectivity index (χ4n) is 2.70. The van der Waals surface area contributed by atoms with E-state index >= 15 is 0 Å². The normalized spacial score (nSPS) is 27.6. The second kappa shape index (κ2) is 5.19. The fourth-order valence-corrected chi connectivity index (χ4v) is 2.70. The van der Waals surface area contributed by atoms with Gasteiger partial charge in [0, 0.05) is 12.6 Å². The highest BCUT2D eigenvalue weighted by Crippen LogP contribution is 2.33. The molecule has 1 aliphatic heterocycles. The summed E-state index contributed by atoms with van der Waals surface area (Å²) in [5.41, 5.74) is 1.29. The molecule has 1 saturated heterocycles. The molecule has 94 valence electrons. The lowest BCUT2D eigenvalue weighted by atomic mass is 9.95. The van der Waals surface area contributed by atoms with Crippen LogP contribution in [0.5, 0.6) is 0 Å². The molecule has 1 aliphatic rings. The van der Waals surface area contributed by atoms with E-state index in [4.69, 9.17) is 0 Å². The van der Waals surface area contributed by atoms with Gasteiger partial charge in [-0.2, -0.15) is 0 Å². The van der Waals surface area contributed by atoms with Crippen LogP contribution in [0.2, 0.25) is 0 Å². The third kappa shape index (κ3) is 2.70. The first-order chi connectivity index (χ1) is 8.09. The summed E-state index contributed by atoms with van der Waals surface area (Å²) < 4.78 is 0. The summed E-state index contributed by atoms with van der Waals surface area (Å²) in [4.78, 5) is 2.22. The topological polar surface area (TPSA) is 23.5 Å². The number of hydrogen-bond donors (Lipinski definition) is 1. The van der Waals surface area contributed by atoms with Gasteiger partial charge in [-0.15, -0.1) is 0 Å². The van der Waals surface area contributed by atoms with Gasteiger partial charge in [0.05, 0.1) is 0 Å². The van der Waals surface area contributed by atoms with Crippen LogP contribution in [0.1, 0.15) is 38.8 Å². The molecule has 1 heterocycles. The van der Waals surface area contributed by atoms with Crippen molar-refractivity contribution in [2.45, 2.75) is 39.5 Å². The third-order valence-electron chi connectivity index (χ3n) is 4.06. The van der Waals surface area contributed by atoms with E-state index in [1.54, 1.807) is 0 Å². The fraction of sp³-hybridized carbons (Fsp3) is 0.600. The molecule has 1 aromatic rings. The van der Waals surface area contributed by atoms with Crippen molar-refractivity contribution in [2.24, 2.45) is 11.8 Å². The second-order valence-corrected chi connectivity index (χ2v) is 5.50. The SMILES string of the molecule is CC(C)C1CC(O)N([C@H](C)c2ccccc2)C1. The summed E-state index contributed by atoms with van der Waals surface area (Å²) in [7, 11) is 0. The molecular formula is C15H23NO. The lowest BCUT2D eigenvalue weighted by Crippen LogP contribution is -2.32. The summed E-state index contributed by atoms with van der Waals surface area (Å²) in [5.74, 6) is 1.27. The summed E-state index contributed by atoms with van der Waals surface area (Å²) in [5, 5.41) is 10.2. The molecule has 0 radical (unpaired) electrons. The Hall–Kier alpha value is -0.860. The van der Waals surface area contributed by atoms with Gasteiger partial charge in [-0.05, 0) is 30.7 Å². The third-order valence-corrected chi connectivity index (χ3v) is 4.06. The van der Waals surface area contributed by atoms with E-state index in [0.717, 1.165) is 13.0 Å². The van der Waals surface area contributed by atoms with Gasteiger partial charge >= 0.3 is 0 Å². The molecule has 2 unspecified atom stereocenters. The largest absolute Gasteiger partial charge is 0.378 e. The van der Waals surface area contributed by atoms with Crippen molar-refractivity contribution in [3.63, 3.8) is 0 Å². The Kier molecular flexibility index (Phi) is 3.85. The highest BCUT2D eigenvalue weighted by molar-refractivity contribution is 5.18. The van der Waals surface area contributed by atoms with E-state index in [9.17, 15) is 5.11 Å². The Morgan fingerprint density at radius 1 is 1.18 bits per heavy atom. The first-order valence-electron chi connectivity index (χ1n) is 6.58. The molecule has 0 spiro atoms. The van der Waals surface area contributed by atoms with Crippen molar-refractivity contribution < 1.29 is 5.11 Å². The number of benzene rings is 1. The number of rotatable bonds is 3. The first-order valence-corrected chi connectivity index (χ1v) is 6.58. The molecular weight excluding hydrogens is 210 g/mol. The van der Waals surface area contributed by atoms with E-state index in [0.29, 0.717) is 17.9 Å². The van der Waals surface area contributed by atoms with Gasteiger partial charge < -0.3 is 5.11 Å². The van der Waals surface area contributed by atoms with Crippen LogP contribution in [0.25, 0.3) is 0 Å². The number of aliphatic hydroxyl groups is 1. The molecule has 0 saturated carbocycles. The van der Waals surface area contributed by atoms with Crippen molar-refractivity contribution in [3.8, 4) is 0 Å². The molecule has 2 heteroatoms. The van der Waals surface area contributed by atoms with Crippen LogP contribution in [-0.2, 0) is 0 Å². The molecule has 2 rings (SSSR count). The van der Waals surface area contributed by atoms with Gasteiger partial charge in [-0.3, -0.25) is 4.90 Å². The minimum absolute atomic E-state index is 0.280. The molecule has 0 bridgehead atoms. The minimum Gasteiger partial charge on any atom is -0.378 e. The predicted molar refractivity (Wildman–Crippen MR) is 70.5 cm³/mol. The molecule has 0 aromatic heterocycles.